The Bertz CT molecular complexity index is 766. The Balaban J connectivity index is 1.74. The van der Waals surface area contributed by atoms with Crippen LogP contribution in [-0.2, 0) is 13.0 Å². The number of hydrogen-bond acceptors (Lipinski definition) is 3. The van der Waals surface area contributed by atoms with E-state index in [1.165, 1.54) is 5.56 Å². The average Bonchev–Trinajstić information content (AvgIpc) is 3.09. The lowest BCUT2D eigenvalue weighted by Gasteiger charge is -2.08. The summed E-state index contributed by atoms with van der Waals surface area (Å²) in [6, 6.07) is 18.3. The normalized spacial score (nSPS) is 10.5. The van der Waals surface area contributed by atoms with Crippen molar-refractivity contribution in [2.75, 3.05) is 14.2 Å². The van der Waals surface area contributed by atoms with E-state index >= 15 is 0 Å². The van der Waals surface area contributed by atoms with Gasteiger partial charge in [-0.05, 0) is 36.2 Å². The molecule has 0 spiro atoms. The Hall–Kier alpha value is -2.75. The number of aryl methyl sites for hydroxylation is 2. The molecule has 0 saturated heterocycles. The molecule has 3 rings (SSSR count). The van der Waals surface area contributed by atoms with Crippen molar-refractivity contribution in [2.24, 2.45) is 0 Å². The Morgan fingerprint density at radius 3 is 2.43 bits per heavy atom. The SMILES string of the molecule is COc1ccc(-c2ccn(CCc3ccccc3)n2)cc1OC. The van der Waals surface area contributed by atoms with Crippen molar-refractivity contribution in [3.8, 4) is 22.8 Å². The number of aromatic nitrogens is 2. The average molecular weight is 308 g/mol. The monoisotopic (exact) mass is 308 g/mol. The third-order valence-corrected chi connectivity index (χ3v) is 3.79. The molecule has 4 heteroatoms. The number of rotatable bonds is 6. The minimum Gasteiger partial charge on any atom is -0.493 e. The van der Waals surface area contributed by atoms with Crippen LogP contribution >= 0.6 is 0 Å². The quantitative estimate of drug-likeness (QED) is 0.695. The van der Waals surface area contributed by atoms with Crippen molar-refractivity contribution >= 4 is 0 Å². The molecule has 0 unspecified atom stereocenters. The second kappa shape index (κ2) is 7.01. The molecule has 3 aromatic rings. The summed E-state index contributed by atoms with van der Waals surface area (Å²) in [5.41, 5.74) is 3.26. The largest absolute Gasteiger partial charge is 0.493 e. The van der Waals surface area contributed by atoms with Crippen LogP contribution in [0, 0.1) is 0 Å². The van der Waals surface area contributed by atoms with Gasteiger partial charge in [0.2, 0.25) is 0 Å². The number of methoxy groups -OCH3 is 2. The van der Waals surface area contributed by atoms with Crippen molar-refractivity contribution in [1.82, 2.24) is 9.78 Å². The van der Waals surface area contributed by atoms with Gasteiger partial charge in [-0.15, -0.1) is 0 Å². The lowest BCUT2D eigenvalue weighted by atomic mass is 10.1. The van der Waals surface area contributed by atoms with Gasteiger partial charge in [0.15, 0.2) is 11.5 Å². The summed E-state index contributed by atoms with van der Waals surface area (Å²) in [7, 11) is 3.27. The summed E-state index contributed by atoms with van der Waals surface area (Å²) in [4.78, 5) is 0. The van der Waals surface area contributed by atoms with E-state index in [0.717, 1.165) is 30.0 Å². The highest BCUT2D eigenvalue weighted by Crippen LogP contribution is 2.31. The minimum atomic E-state index is 0.712. The van der Waals surface area contributed by atoms with Crippen LogP contribution in [0.15, 0.2) is 60.8 Å². The van der Waals surface area contributed by atoms with Crippen molar-refractivity contribution in [3.63, 3.8) is 0 Å². The second-order valence-electron chi connectivity index (χ2n) is 5.27. The molecule has 4 nitrogen and oxygen atoms in total. The van der Waals surface area contributed by atoms with Crippen LogP contribution in [-0.4, -0.2) is 24.0 Å². The molecule has 0 amide bonds. The van der Waals surface area contributed by atoms with Crippen molar-refractivity contribution in [2.45, 2.75) is 13.0 Å². The predicted octanol–water partition coefficient (Wildman–Crippen LogP) is 3.81. The van der Waals surface area contributed by atoms with Crippen LogP contribution < -0.4 is 9.47 Å². The third-order valence-electron chi connectivity index (χ3n) is 3.79. The molecule has 0 aliphatic rings. The highest BCUT2D eigenvalue weighted by molar-refractivity contribution is 5.63. The number of hydrogen-bond donors (Lipinski definition) is 0. The summed E-state index contributed by atoms with van der Waals surface area (Å²) in [6.07, 6.45) is 2.98. The fourth-order valence-corrected chi connectivity index (χ4v) is 2.52. The molecule has 1 aromatic heterocycles. The highest BCUT2D eigenvalue weighted by atomic mass is 16.5. The van der Waals surface area contributed by atoms with Gasteiger partial charge in [-0.2, -0.15) is 5.10 Å². The first-order valence-electron chi connectivity index (χ1n) is 7.60. The van der Waals surface area contributed by atoms with Crippen molar-refractivity contribution in [1.29, 1.82) is 0 Å². The molecule has 0 fully saturated rings. The molecule has 0 radical (unpaired) electrons. The highest BCUT2D eigenvalue weighted by Gasteiger charge is 2.08. The molecule has 0 saturated carbocycles. The number of ether oxygens (including phenoxy) is 2. The molecular formula is C19H20N2O2. The standard InChI is InChI=1S/C19H20N2O2/c1-22-18-9-8-16(14-19(18)23-2)17-11-13-21(20-17)12-10-15-6-4-3-5-7-15/h3-9,11,13-14H,10,12H2,1-2H3. The van der Waals surface area contributed by atoms with Gasteiger partial charge < -0.3 is 9.47 Å². The van der Waals surface area contributed by atoms with Gasteiger partial charge in [0.05, 0.1) is 19.9 Å². The Morgan fingerprint density at radius 1 is 0.913 bits per heavy atom. The van der Waals surface area contributed by atoms with Crippen LogP contribution in [0.4, 0.5) is 0 Å². The molecule has 118 valence electrons. The maximum Gasteiger partial charge on any atom is 0.161 e. The van der Waals surface area contributed by atoms with Gasteiger partial charge in [-0.3, -0.25) is 4.68 Å². The molecule has 0 atom stereocenters. The van der Waals surface area contributed by atoms with E-state index in [0.29, 0.717) is 5.75 Å². The summed E-state index contributed by atoms with van der Waals surface area (Å²) in [5, 5.41) is 4.65. The number of nitrogens with zero attached hydrogens (tertiary/aromatic N) is 2. The zero-order valence-corrected chi connectivity index (χ0v) is 13.4. The molecule has 0 N–H and O–H groups in total. The fraction of sp³-hybridized carbons (Fsp3) is 0.211. The zero-order valence-electron chi connectivity index (χ0n) is 13.4. The van der Waals surface area contributed by atoms with E-state index < -0.39 is 0 Å². The van der Waals surface area contributed by atoms with E-state index in [1.54, 1.807) is 14.2 Å². The summed E-state index contributed by atoms with van der Waals surface area (Å²) >= 11 is 0. The molecule has 23 heavy (non-hydrogen) atoms. The van der Waals surface area contributed by atoms with Crippen LogP contribution in [0.5, 0.6) is 11.5 Å². The van der Waals surface area contributed by atoms with Gasteiger partial charge in [-0.1, -0.05) is 30.3 Å². The number of benzene rings is 2. The van der Waals surface area contributed by atoms with E-state index in [4.69, 9.17) is 9.47 Å². The third kappa shape index (κ3) is 3.54. The van der Waals surface area contributed by atoms with Crippen LogP contribution in [0.2, 0.25) is 0 Å². The van der Waals surface area contributed by atoms with Crippen LogP contribution in [0.1, 0.15) is 5.56 Å². The Labute approximate surface area is 136 Å². The lowest BCUT2D eigenvalue weighted by molar-refractivity contribution is 0.355. The topological polar surface area (TPSA) is 36.3 Å². The van der Waals surface area contributed by atoms with E-state index in [9.17, 15) is 0 Å². The molecular weight excluding hydrogens is 288 g/mol. The Kier molecular flexibility index (Phi) is 4.62. The molecule has 0 aliphatic heterocycles. The van der Waals surface area contributed by atoms with Crippen LogP contribution in [0.3, 0.4) is 0 Å². The van der Waals surface area contributed by atoms with Gasteiger partial charge in [0.25, 0.3) is 0 Å². The van der Waals surface area contributed by atoms with Crippen LogP contribution in [0.25, 0.3) is 11.3 Å². The van der Waals surface area contributed by atoms with E-state index in [-0.39, 0.29) is 0 Å². The first kappa shape index (κ1) is 15.2. The van der Waals surface area contributed by atoms with Crippen molar-refractivity contribution < 1.29 is 9.47 Å². The van der Waals surface area contributed by atoms with Crippen molar-refractivity contribution in [3.05, 3.63) is 66.4 Å². The summed E-state index contributed by atoms with van der Waals surface area (Å²) < 4.78 is 12.6. The van der Waals surface area contributed by atoms with E-state index in [2.05, 4.69) is 29.4 Å². The second-order valence-corrected chi connectivity index (χ2v) is 5.27. The van der Waals surface area contributed by atoms with Gasteiger partial charge >= 0.3 is 0 Å². The zero-order chi connectivity index (χ0) is 16.1. The fourth-order valence-electron chi connectivity index (χ4n) is 2.52. The maximum absolute atomic E-state index is 5.35. The first-order chi connectivity index (χ1) is 11.3. The van der Waals surface area contributed by atoms with Gasteiger partial charge in [-0.25, -0.2) is 0 Å². The predicted molar refractivity (Wildman–Crippen MR) is 90.9 cm³/mol. The smallest absolute Gasteiger partial charge is 0.161 e. The molecule has 0 bridgehead atoms. The van der Waals surface area contributed by atoms with E-state index in [1.807, 2.05) is 41.2 Å². The molecule has 0 aliphatic carbocycles. The van der Waals surface area contributed by atoms with Gasteiger partial charge in [0, 0.05) is 18.3 Å². The summed E-state index contributed by atoms with van der Waals surface area (Å²) in [6.45, 7) is 0.858. The minimum absolute atomic E-state index is 0.712. The molecule has 1 heterocycles. The Morgan fingerprint density at radius 2 is 1.70 bits per heavy atom. The molecule has 2 aromatic carbocycles. The maximum atomic E-state index is 5.35. The van der Waals surface area contributed by atoms with Gasteiger partial charge in [0.1, 0.15) is 0 Å². The summed E-state index contributed by atoms with van der Waals surface area (Å²) in [5.74, 6) is 1.43. The lowest BCUT2D eigenvalue weighted by Crippen LogP contribution is -2.02. The first-order valence-corrected chi connectivity index (χ1v) is 7.60.